The maximum atomic E-state index is 11.1. The van der Waals surface area contributed by atoms with E-state index in [1.54, 1.807) is 0 Å². The summed E-state index contributed by atoms with van der Waals surface area (Å²) in [5.41, 5.74) is 1.25. The summed E-state index contributed by atoms with van der Waals surface area (Å²) in [6.07, 6.45) is 6.46. The van der Waals surface area contributed by atoms with Crippen molar-refractivity contribution in [3.05, 3.63) is 18.0 Å². The Balaban J connectivity index is 1.89. The lowest BCUT2D eigenvalue weighted by Gasteiger charge is -2.05. The molecular weight excluding hydrogens is 242 g/mol. The number of rotatable bonds is 10. The highest BCUT2D eigenvalue weighted by molar-refractivity contribution is 5.69. The van der Waals surface area contributed by atoms with Gasteiger partial charge in [0.2, 0.25) is 0 Å². The van der Waals surface area contributed by atoms with Crippen molar-refractivity contribution in [2.45, 2.75) is 39.0 Å². The molecule has 0 spiro atoms. The molecule has 1 aromatic heterocycles. The molecule has 0 aliphatic rings. The van der Waals surface area contributed by atoms with Gasteiger partial charge in [0.05, 0.1) is 6.61 Å². The number of nitrogens with zero attached hydrogens (tertiary/aromatic N) is 2. The second-order valence-electron chi connectivity index (χ2n) is 4.56. The molecular formula is C14H25N3O2. The lowest BCUT2D eigenvalue weighted by atomic mass is 10.2. The van der Waals surface area contributed by atoms with Crippen LogP contribution in [0.5, 0.6) is 0 Å². The number of aryl methyl sites for hydroxylation is 1. The van der Waals surface area contributed by atoms with E-state index in [9.17, 15) is 4.79 Å². The molecule has 108 valence electrons. The predicted octanol–water partition coefficient (Wildman–Crippen LogP) is 1.68. The maximum absolute atomic E-state index is 11.1. The minimum absolute atomic E-state index is 0.0772. The molecule has 19 heavy (non-hydrogen) atoms. The fourth-order valence-electron chi connectivity index (χ4n) is 1.92. The van der Waals surface area contributed by atoms with Crippen LogP contribution in [0.3, 0.4) is 0 Å². The molecule has 0 bridgehead atoms. The second-order valence-corrected chi connectivity index (χ2v) is 4.56. The highest BCUT2D eigenvalue weighted by Gasteiger charge is 2.00. The van der Waals surface area contributed by atoms with Crippen molar-refractivity contribution in [1.29, 1.82) is 0 Å². The Morgan fingerprint density at radius 3 is 2.89 bits per heavy atom. The van der Waals surface area contributed by atoms with Gasteiger partial charge < -0.3 is 10.1 Å². The van der Waals surface area contributed by atoms with Crippen LogP contribution in [0.25, 0.3) is 0 Å². The smallest absolute Gasteiger partial charge is 0.305 e. The van der Waals surface area contributed by atoms with Crippen molar-refractivity contribution in [1.82, 2.24) is 15.1 Å². The molecule has 1 rings (SSSR count). The highest BCUT2D eigenvalue weighted by Crippen LogP contribution is 2.01. The van der Waals surface area contributed by atoms with E-state index < -0.39 is 0 Å². The topological polar surface area (TPSA) is 56.1 Å². The highest BCUT2D eigenvalue weighted by atomic mass is 16.5. The standard InChI is InChI=1S/C14H25N3O2/c1-3-19-14(18)7-5-4-6-10-15-11-8-13-9-12-16-17(13)2/h9,12,15H,3-8,10-11H2,1-2H3. The minimum atomic E-state index is -0.0772. The van der Waals surface area contributed by atoms with Crippen molar-refractivity contribution in [2.75, 3.05) is 19.7 Å². The summed E-state index contributed by atoms with van der Waals surface area (Å²) in [4.78, 5) is 11.1. The van der Waals surface area contributed by atoms with Crippen LogP contribution in [0.15, 0.2) is 12.3 Å². The third-order valence-electron chi connectivity index (χ3n) is 3.02. The Bertz CT molecular complexity index is 363. The van der Waals surface area contributed by atoms with Crippen LogP contribution < -0.4 is 5.32 Å². The molecule has 1 heterocycles. The average molecular weight is 267 g/mol. The first-order valence-corrected chi connectivity index (χ1v) is 7.07. The van der Waals surface area contributed by atoms with Gasteiger partial charge in [-0.2, -0.15) is 5.10 Å². The molecule has 0 radical (unpaired) electrons. The van der Waals surface area contributed by atoms with E-state index in [1.165, 1.54) is 5.69 Å². The third kappa shape index (κ3) is 6.96. The number of unbranched alkanes of at least 4 members (excludes halogenated alkanes) is 2. The Kier molecular flexibility index (Phi) is 7.89. The monoisotopic (exact) mass is 267 g/mol. The molecule has 5 nitrogen and oxygen atoms in total. The fraction of sp³-hybridized carbons (Fsp3) is 0.714. The first-order valence-electron chi connectivity index (χ1n) is 7.07. The largest absolute Gasteiger partial charge is 0.466 e. The number of hydrogen-bond acceptors (Lipinski definition) is 4. The van der Waals surface area contributed by atoms with Crippen molar-refractivity contribution in [3.63, 3.8) is 0 Å². The molecule has 0 amide bonds. The summed E-state index contributed by atoms with van der Waals surface area (Å²) in [5.74, 6) is -0.0772. The summed E-state index contributed by atoms with van der Waals surface area (Å²) in [6.45, 7) is 4.29. The summed E-state index contributed by atoms with van der Waals surface area (Å²) in [5, 5.41) is 7.54. The lowest BCUT2D eigenvalue weighted by molar-refractivity contribution is -0.143. The van der Waals surface area contributed by atoms with Crippen LogP contribution in [0, 0.1) is 0 Å². The molecule has 0 aliphatic carbocycles. The summed E-state index contributed by atoms with van der Waals surface area (Å²) < 4.78 is 6.78. The minimum Gasteiger partial charge on any atom is -0.466 e. The van der Waals surface area contributed by atoms with Gasteiger partial charge >= 0.3 is 5.97 Å². The Labute approximate surface area is 115 Å². The van der Waals surface area contributed by atoms with E-state index in [2.05, 4.69) is 10.4 Å². The molecule has 0 saturated carbocycles. The van der Waals surface area contributed by atoms with Crippen molar-refractivity contribution in [2.24, 2.45) is 7.05 Å². The maximum Gasteiger partial charge on any atom is 0.305 e. The van der Waals surface area contributed by atoms with Gasteiger partial charge in [-0.3, -0.25) is 9.48 Å². The SMILES string of the molecule is CCOC(=O)CCCCCNCCc1ccnn1C. The number of nitrogens with one attached hydrogen (secondary N) is 1. The zero-order valence-electron chi connectivity index (χ0n) is 12.0. The third-order valence-corrected chi connectivity index (χ3v) is 3.02. The van der Waals surface area contributed by atoms with Gasteiger partial charge in [-0.05, 0) is 32.4 Å². The van der Waals surface area contributed by atoms with Crippen LogP contribution in [0.2, 0.25) is 0 Å². The molecule has 1 aromatic rings. The van der Waals surface area contributed by atoms with Crippen molar-refractivity contribution < 1.29 is 9.53 Å². The molecule has 0 unspecified atom stereocenters. The molecule has 5 heteroatoms. The van der Waals surface area contributed by atoms with E-state index in [0.29, 0.717) is 13.0 Å². The first kappa shape index (κ1) is 15.7. The normalized spacial score (nSPS) is 10.6. The summed E-state index contributed by atoms with van der Waals surface area (Å²) >= 11 is 0. The van der Waals surface area contributed by atoms with Gasteiger partial charge in [0.15, 0.2) is 0 Å². The molecule has 0 saturated heterocycles. The first-order chi connectivity index (χ1) is 9.24. The van der Waals surface area contributed by atoms with Gasteiger partial charge in [-0.1, -0.05) is 6.42 Å². The van der Waals surface area contributed by atoms with E-state index in [1.807, 2.05) is 30.9 Å². The zero-order valence-corrected chi connectivity index (χ0v) is 12.0. The van der Waals surface area contributed by atoms with Gasteiger partial charge in [0.1, 0.15) is 0 Å². The lowest BCUT2D eigenvalue weighted by Crippen LogP contribution is -2.19. The number of aromatic nitrogens is 2. The Morgan fingerprint density at radius 1 is 1.37 bits per heavy atom. The van der Waals surface area contributed by atoms with Crippen LogP contribution in [0.4, 0.5) is 0 Å². The number of carbonyl (C=O) groups is 1. The van der Waals surface area contributed by atoms with Gasteiger partial charge in [0, 0.05) is 38.3 Å². The average Bonchev–Trinajstić information content (AvgIpc) is 2.79. The number of hydrogen-bond donors (Lipinski definition) is 1. The van der Waals surface area contributed by atoms with Crippen LogP contribution in [-0.2, 0) is 23.0 Å². The Morgan fingerprint density at radius 2 is 2.21 bits per heavy atom. The van der Waals surface area contributed by atoms with E-state index in [0.717, 1.165) is 38.8 Å². The van der Waals surface area contributed by atoms with Crippen molar-refractivity contribution >= 4 is 5.97 Å². The molecule has 0 fully saturated rings. The number of esters is 1. The van der Waals surface area contributed by atoms with Gasteiger partial charge in [-0.25, -0.2) is 0 Å². The summed E-state index contributed by atoms with van der Waals surface area (Å²) in [6, 6.07) is 2.04. The van der Waals surface area contributed by atoms with E-state index in [4.69, 9.17) is 4.74 Å². The fourth-order valence-corrected chi connectivity index (χ4v) is 1.92. The molecule has 0 aromatic carbocycles. The van der Waals surface area contributed by atoms with E-state index in [-0.39, 0.29) is 5.97 Å². The van der Waals surface area contributed by atoms with Crippen LogP contribution >= 0.6 is 0 Å². The van der Waals surface area contributed by atoms with Gasteiger partial charge in [-0.15, -0.1) is 0 Å². The van der Waals surface area contributed by atoms with E-state index >= 15 is 0 Å². The molecule has 1 N–H and O–H groups in total. The number of ether oxygens (including phenoxy) is 1. The van der Waals surface area contributed by atoms with Crippen LogP contribution in [-0.4, -0.2) is 35.4 Å². The molecule has 0 aliphatic heterocycles. The van der Waals surface area contributed by atoms with Gasteiger partial charge in [0.25, 0.3) is 0 Å². The summed E-state index contributed by atoms with van der Waals surface area (Å²) in [7, 11) is 1.96. The molecule has 0 atom stereocenters. The van der Waals surface area contributed by atoms with Crippen LogP contribution in [0.1, 0.15) is 38.3 Å². The zero-order chi connectivity index (χ0) is 13.9. The number of carbonyl (C=O) groups excluding carboxylic acids is 1. The quantitative estimate of drug-likeness (QED) is 0.517. The predicted molar refractivity (Wildman–Crippen MR) is 74.9 cm³/mol. The van der Waals surface area contributed by atoms with Crippen molar-refractivity contribution in [3.8, 4) is 0 Å². The Hall–Kier alpha value is -1.36. The second kappa shape index (κ2) is 9.55.